The van der Waals surface area contributed by atoms with Crippen LogP contribution in [0, 0.1) is 0 Å². The van der Waals surface area contributed by atoms with Crippen molar-refractivity contribution in [3.05, 3.63) is 29.3 Å². The van der Waals surface area contributed by atoms with Crippen LogP contribution >= 0.6 is 0 Å². The predicted molar refractivity (Wildman–Crippen MR) is 71.5 cm³/mol. The normalized spacial score (nSPS) is 11.6. The molecule has 0 aromatic heterocycles. The van der Waals surface area contributed by atoms with Gasteiger partial charge in [0.25, 0.3) is 0 Å². The Morgan fingerprint density at radius 3 is 2.29 bits per heavy atom. The number of carboxylic acid groups (broad SMARTS) is 1. The van der Waals surface area contributed by atoms with Gasteiger partial charge >= 0.3 is 5.97 Å². The molecule has 0 unspecified atom stereocenters. The third-order valence-electron chi connectivity index (χ3n) is 2.29. The second-order valence-electron chi connectivity index (χ2n) is 5.43. The van der Waals surface area contributed by atoms with E-state index >= 15 is 0 Å². The zero-order valence-corrected chi connectivity index (χ0v) is 12.1. The van der Waals surface area contributed by atoms with Gasteiger partial charge < -0.3 is 9.53 Å². The van der Waals surface area contributed by atoms with Crippen LogP contribution in [0.5, 0.6) is 5.75 Å². The summed E-state index contributed by atoms with van der Waals surface area (Å²) in [5, 5.41) is 8.98. The first-order valence-corrected chi connectivity index (χ1v) is 9.18. The topological polar surface area (TPSA) is 46.5 Å². The van der Waals surface area contributed by atoms with Crippen molar-refractivity contribution in [3.63, 3.8) is 0 Å². The van der Waals surface area contributed by atoms with E-state index in [0.717, 1.165) is 11.3 Å². The summed E-state index contributed by atoms with van der Waals surface area (Å²) in [5.41, 5.74) is 1.28. The molecule has 0 saturated carbocycles. The summed E-state index contributed by atoms with van der Waals surface area (Å²) in [5.74, 6) is 0.177. The molecule has 1 rings (SSSR count). The minimum absolute atomic E-state index is 0.251. The maximum Gasteiger partial charge on any atom is 0.335 e. The highest BCUT2D eigenvalue weighted by molar-refractivity contribution is 6.70. The third kappa shape index (κ3) is 3.89. The van der Waals surface area contributed by atoms with Gasteiger partial charge in [-0.25, -0.2) is 4.79 Å². The minimum Gasteiger partial charge on any atom is -0.544 e. The first-order chi connectivity index (χ1) is 7.70. The summed E-state index contributed by atoms with van der Waals surface area (Å²) >= 11 is 0. The number of rotatable bonds is 4. The van der Waals surface area contributed by atoms with E-state index in [1.54, 1.807) is 18.2 Å². The second-order valence-corrected chi connectivity index (χ2v) is 9.86. The molecule has 0 bridgehead atoms. The first kappa shape index (κ1) is 13.8. The minimum atomic E-state index is -1.67. The molecule has 0 atom stereocenters. The Hall–Kier alpha value is -1.29. The van der Waals surface area contributed by atoms with E-state index in [4.69, 9.17) is 9.53 Å². The maximum absolute atomic E-state index is 10.9. The van der Waals surface area contributed by atoms with Crippen molar-refractivity contribution < 1.29 is 14.3 Å². The number of carboxylic acids is 1. The molecule has 1 N–H and O–H groups in total. The Kier molecular flexibility index (Phi) is 3.98. The summed E-state index contributed by atoms with van der Waals surface area (Å²) < 4.78 is 5.97. The van der Waals surface area contributed by atoms with Crippen LogP contribution in [0.4, 0.5) is 0 Å². The van der Waals surface area contributed by atoms with Crippen LogP contribution < -0.4 is 4.43 Å². The molecule has 0 spiro atoms. The Morgan fingerprint density at radius 2 is 1.88 bits per heavy atom. The average Bonchev–Trinajstić information content (AvgIpc) is 2.14. The van der Waals surface area contributed by atoms with Crippen molar-refractivity contribution in [2.24, 2.45) is 0 Å². The monoisotopic (exact) mass is 252 g/mol. The molecule has 1 aromatic carbocycles. The predicted octanol–water partition coefficient (Wildman–Crippen LogP) is 3.72. The smallest absolute Gasteiger partial charge is 0.335 e. The number of benzene rings is 1. The van der Waals surface area contributed by atoms with Crippen LogP contribution in [0.2, 0.25) is 19.6 Å². The summed E-state index contributed by atoms with van der Waals surface area (Å²) in [6, 6.07) is 5.09. The summed E-state index contributed by atoms with van der Waals surface area (Å²) in [7, 11) is -1.67. The Balaban J connectivity index is 3.18. The lowest BCUT2D eigenvalue weighted by molar-refractivity contribution is 0.0697. The fourth-order valence-electron chi connectivity index (χ4n) is 1.56. The van der Waals surface area contributed by atoms with Gasteiger partial charge in [0.05, 0.1) is 5.56 Å². The SMILES string of the molecule is CC(C)c1cc(C(=O)O)ccc1O[Si](C)(C)C. The molecule has 0 saturated heterocycles. The highest BCUT2D eigenvalue weighted by Crippen LogP contribution is 2.29. The fraction of sp³-hybridized carbons (Fsp3) is 0.462. The van der Waals surface area contributed by atoms with E-state index < -0.39 is 14.3 Å². The van der Waals surface area contributed by atoms with Crippen molar-refractivity contribution >= 4 is 14.3 Å². The van der Waals surface area contributed by atoms with E-state index in [1.807, 2.05) is 13.8 Å². The van der Waals surface area contributed by atoms with Crippen LogP contribution in [0.3, 0.4) is 0 Å². The van der Waals surface area contributed by atoms with Gasteiger partial charge in [-0.15, -0.1) is 0 Å². The van der Waals surface area contributed by atoms with Gasteiger partial charge in [-0.05, 0) is 49.3 Å². The van der Waals surface area contributed by atoms with Gasteiger partial charge in [-0.3, -0.25) is 0 Å². The summed E-state index contributed by atoms with van der Waals surface area (Å²) in [4.78, 5) is 10.9. The van der Waals surface area contributed by atoms with Gasteiger partial charge in [0.2, 0.25) is 8.32 Å². The van der Waals surface area contributed by atoms with Crippen LogP contribution in [-0.4, -0.2) is 19.4 Å². The van der Waals surface area contributed by atoms with Crippen molar-refractivity contribution in [1.29, 1.82) is 0 Å². The van der Waals surface area contributed by atoms with Gasteiger partial charge in [0.1, 0.15) is 5.75 Å². The quantitative estimate of drug-likeness (QED) is 0.831. The molecule has 94 valence electrons. The van der Waals surface area contributed by atoms with Crippen molar-refractivity contribution in [2.75, 3.05) is 0 Å². The molecule has 1 aromatic rings. The lowest BCUT2D eigenvalue weighted by atomic mass is 10.00. The van der Waals surface area contributed by atoms with E-state index in [0.29, 0.717) is 5.56 Å². The Morgan fingerprint density at radius 1 is 1.29 bits per heavy atom. The van der Waals surface area contributed by atoms with Crippen LogP contribution in [-0.2, 0) is 0 Å². The van der Waals surface area contributed by atoms with Crippen LogP contribution in [0.1, 0.15) is 35.7 Å². The molecule has 0 radical (unpaired) electrons. The van der Waals surface area contributed by atoms with Crippen molar-refractivity contribution in [3.8, 4) is 5.75 Å². The molecule has 0 fully saturated rings. The second kappa shape index (κ2) is 4.92. The average molecular weight is 252 g/mol. The zero-order valence-electron chi connectivity index (χ0n) is 11.1. The molecular formula is C13H20O3Si. The van der Waals surface area contributed by atoms with Crippen molar-refractivity contribution in [1.82, 2.24) is 0 Å². The molecule has 17 heavy (non-hydrogen) atoms. The first-order valence-electron chi connectivity index (χ1n) is 5.77. The summed E-state index contributed by atoms with van der Waals surface area (Å²) in [6.07, 6.45) is 0. The van der Waals surface area contributed by atoms with Crippen LogP contribution in [0.25, 0.3) is 0 Å². The van der Waals surface area contributed by atoms with Gasteiger partial charge in [0.15, 0.2) is 0 Å². The van der Waals surface area contributed by atoms with Crippen LogP contribution in [0.15, 0.2) is 18.2 Å². The van der Waals surface area contributed by atoms with Gasteiger partial charge in [0, 0.05) is 0 Å². The van der Waals surface area contributed by atoms with Crippen molar-refractivity contribution in [2.45, 2.75) is 39.4 Å². The zero-order chi connectivity index (χ0) is 13.2. The fourth-order valence-corrected chi connectivity index (χ4v) is 2.40. The molecule has 0 aliphatic heterocycles. The Labute approximate surface area is 104 Å². The largest absolute Gasteiger partial charge is 0.544 e. The maximum atomic E-state index is 10.9. The summed E-state index contributed by atoms with van der Waals surface area (Å²) in [6.45, 7) is 10.4. The van der Waals surface area contributed by atoms with E-state index in [-0.39, 0.29) is 5.92 Å². The van der Waals surface area contributed by atoms with E-state index in [2.05, 4.69) is 19.6 Å². The number of aromatic carboxylic acids is 1. The lowest BCUT2D eigenvalue weighted by Crippen LogP contribution is -2.29. The molecular weight excluding hydrogens is 232 g/mol. The highest BCUT2D eigenvalue weighted by Gasteiger charge is 2.20. The van der Waals surface area contributed by atoms with Gasteiger partial charge in [-0.1, -0.05) is 13.8 Å². The molecule has 0 aliphatic rings. The van der Waals surface area contributed by atoms with E-state index in [9.17, 15) is 4.79 Å². The molecule has 0 aliphatic carbocycles. The molecule has 0 amide bonds. The van der Waals surface area contributed by atoms with Gasteiger partial charge in [-0.2, -0.15) is 0 Å². The Bertz CT molecular complexity index is 419. The third-order valence-corrected chi connectivity index (χ3v) is 3.13. The lowest BCUT2D eigenvalue weighted by Gasteiger charge is -2.23. The number of hydrogen-bond acceptors (Lipinski definition) is 2. The highest BCUT2D eigenvalue weighted by atomic mass is 28.4. The number of carbonyl (C=O) groups is 1. The molecule has 4 heteroatoms. The van der Waals surface area contributed by atoms with E-state index in [1.165, 1.54) is 0 Å². The molecule has 3 nitrogen and oxygen atoms in total. The standard InChI is InChI=1S/C13H20O3Si/c1-9(2)11-8-10(13(14)15)6-7-12(11)16-17(3,4)5/h6-9H,1-5H3,(H,14,15). The number of hydrogen-bond donors (Lipinski definition) is 1. The molecule has 0 heterocycles.